The Balaban J connectivity index is 2.30. The maximum absolute atomic E-state index is 12.3. The van der Waals surface area contributed by atoms with Gasteiger partial charge in [0.25, 0.3) is 0 Å². The summed E-state index contributed by atoms with van der Waals surface area (Å²) in [6.45, 7) is 1.67. The van der Waals surface area contributed by atoms with Gasteiger partial charge in [0.1, 0.15) is 17.0 Å². The van der Waals surface area contributed by atoms with E-state index in [2.05, 4.69) is 25.3 Å². The first kappa shape index (κ1) is 14.4. The first-order chi connectivity index (χ1) is 9.45. The molecule has 0 bridgehead atoms. The third-order valence-electron chi connectivity index (χ3n) is 2.66. The molecule has 0 saturated carbocycles. The number of rotatable bonds is 5. The molecule has 0 spiro atoms. The maximum Gasteiger partial charge on any atom is 0.244 e. The highest BCUT2D eigenvalue weighted by molar-refractivity contribution is 7.89. The van der Waals surface area contributed by atoms with E-state index >= 15 is 0 Å². The number of sulfonamides is 1. The zero-order chi connectivity index (χ0) is 14.8. The number of nitrogen functional groups attached to an aromatic ring is 1. The Morgan fingerprint density at radius 3 is 2.80 bits per heavy atom. The molecule has 0 amide bonds. The molecule has 0 saturated heterocycles. The van der Waals surface area contributed by atoms with Gasteiger partial charge in [0, 0.05) is 13.2 Å². The van der Waals surface area contributed by atoms with Crippen LogP contribution >= 0.6 is 0 Å². The van der Waals surface area contributed by atoms with Gasteiger partial charge in [-0.15, -0.1) is 10.2 Å². The van der Waals surface area contributed by atoms with Gasteiger partial charge in [-0.3, -0.25) is 0 Å². The molecule has 0 radical (unpaired) electrons. The van der Waals surface area contributed by atoms with Crippen molar-refractivity contribution in [1.82, 2.24) is 24.5 Å². The van der Waals surface area contributed by atoms with Gasteiger partial charge < -0.3 is 9.99 Å². The molecule has 4 N–H and O–H groups in total. The second-order valence-corrected chi connectivity index (χ2v) is 5.82. The largest absolute Gasteiger partial charge is 0.319 e. The molecule has 2 aromatic heterocycles. The van der Waals surface area contributed by atoms with Crippen LogP contribution in [-0.4, -0.2) is 28.2 Å². The number of hydrazine groups is 1. The Labute approximate surface area is 116 Å². The second kappa shape index (κ2) is 5.53. The molecule has 1 atom stereocenters. The first-order valence-electron chi connectivity index (χ1n) is 5.73. The van der Waals surface area contributed by atoms with Crippen molar-refractivity contribution in [1.29, 1.82) is 0 Å². The summed E-state index contributed by atoms with van der Waals surface area (Å²) in [7, 11) is -2.05. The van der Waals surface area contributed by atoms with Crippen molar-refractivity contribution in [2.24, 2.45) is 12.9 Å². The molecular formula is C10H15N7O2S. The van der Waals surface area contributed by atoms with Crippen LogP contribution < -0.4 is 16.0 Å². The topological polar surface area (TPSA) is 128 Å². The van der Waals surface area contributed by atoms with E-state index in [4.69, 9.17) is 5.84 Å². The van der Waals surface area contributed by atoms with Crippen molar-refractivity contribution >= 4 is 15.8 Å². The summed E-state index contributed by atoms with van der Waals surface area (Å²) in [6.07, 6.45) is 2.94. The Morgan fingerprint density at radius 2 is 2.20 bits per heavy atom. The number of aryl methyl sites for hydroxylation is 1. The SMILES string of the molecule is CC(NS(=O)(=O)c1cccnc1NN)c1nncn1C. The van der Waals surface area contributed by atoms with Crippen molar-refractivity contribution in [3.63, 3.8) is 0 Å². The molecule has 2 heterocycles. The van der Waals surface area contributed by atoms with E-state index < -0.39 is 16.1 Å². The summed E-state index contributed by atoms with van der Waals surface area (Å²) in [5.41, 5.74) is 2.26. The molecule has 1 unspecified atom stereocenters. The van der Waals surface area contributed by atoms with Crippen LogP contribution in [0.5, 0.6) is 0 Å². The number of hydrogen-bond donors (Lipinski definition) is 3. The van der Waals surface area contributed by atoms with E-state index in [0.29, 0.717) is 5.82 Å². The lowest BCUT2D eigenvalue weighted by molar-refractivity contribution is 0.553. The van der Waals surface area contributed by atoms with E-state index in [9.17, 15) is 8.42 Å². The minimum absolute atomic E-state index is 0.0310. The van der Waals surface area contributed by atoms with Gasteiger partial charge >= 0.3 is 0 Å². The lowest BCUT2D eigenvalue weighted by Crippen LogP contribution is -2.29. The number of nitrogens with one attached hydrogen (secondary N) is 2. The summed E-state index contributed by atoms with van der Waals surface area (Å²) in [5, 5.41) is 7.58. The van der Waals surface area contributed by atoms with Crippen molar-refractivity contribution in [3.05, 3.63) is 30.5 Å². The first-order valence-corrected chi connectivity index (χ1v) is 7.22. The Morgan fingerprint density at radius 1 is 1.45 bits per heavy atom. The van der Waals surface area contributed by atoms with Gasteiger partial charge in [0.05, 0.1) is 6.04 Å². The predicted octanol–water partition coefficient (Wildman–Crippen LogP) is -0.465. The third kappa shape index (κ3) is 2.76. The highest BCUT2D eigenvalue weighted by Crippen LogP contribution is 2.19. The fourth-order valence-corrected chi connectivity index (χ4v) is 3.07. The summed E-state index contributed by atoms with van der Waals surface area (Å²) >= 11 is 0. The average molecular weight is 297 g/mol. The molecule has 9 nitrogen and oxygen atoms in total. The molecule has 2 aromatic rings. The zero-order valence-corrected chi connectivity index (χ0v) is 11.8. The quantitative estimate of drug-likeness (QED) is 0.503. The monoisotopic (exact) mass is 297 g/mol. The number of anilines is 1. The Hall–Kier alpha value is -2.04. The number of aromatic nitrogens is 4. The summed E-state index contributed by atoms with van der Waals surface area (Å²) < 4.78 is 28.8. The highest BCUT2D eigenvalue weighted by Gasteiger charge is 2.23. The summed E-state index contributed by atoms with van der Waals surface area (Å²) in [4.78, 5) is 3.83. The van der Waals surface area contributed by atoms with Crippen molar-refractivity contribution in [2.75, 3.05) is 5.43 Å². The number of hydrogen-bond acceptors (Lipinski definition) is 7. The third-order valence-corrected chi connectivity index (χ3v) is 4.23. The van der Waals surface area contributed by atoms with Crippen molar-refractivity contribution in [2.45, 2.75) is 17.9 Å². The molecule has 0 fully saturated rings. The molecule has 0 aliphatic heterocycles. The molecule has 0 aromatic carbocycles. The molecule has 0 aliphatic carbocycles. The van der Waals surface area contributed by atoms with Crippen LogP contribution in [0.15, 0.2) is 29.6 Å². The number of nitrogens with two attached hydrogens (primary N) is 1. The Bertz CT molecular complexity index is 697. The van der Waals surface area contributed by atoms with E-state index in [1.54, 1.807) is 18.5 Å². The van der Waals surface area contributed by atoms with Crippen LogP contribution in [0.3, 0.4) is 0 Å². The molecule has 20 heavy (non-hydrogen) atoms. The standard InChI is InChI=1S/C10H15N7O2S/c1-7(10-15-13-6-17(10)2)16-20(18,19)8-4-3-5-12-9(8)14-11/h3-7,16H,11H2,1-2H3,(H,12,14). The molecule has 0 aliphatic rings. The minimum Gasteiger partial charge on any atom is -0.319 e. The van der Waals surface area contributed by atoms with Crippen molar-refractivity contribution < 1.29 is 8.42 Å². The molecule has 108 valence electrons. The van der Waals surface area contributed by atoms with Crippen LogP contribution in [0.25, 0.3) is 0 Å². The highest BCUT2D eigenvalue weighted by atomic mass is 32.2. The van der Waals surface area contributed by atoms with Crippen LogP contribution in [0.1, 0.15) is 18.8 Å². The smallest absolute Gasteiger partial charge is 0.244 e. The van der Waals surface area contributed by atoms with Gasteiger partial charge in [-0.05, 0) is 19.1 Å². The van der Waals surface area contributed by atoms with Crippen LogP contribution in [0.2, 0.25) is 0 Å². The fraction of sp³-hybridized carbons (Fsp3) is 0.300. The van der Waals surface area contributed by atoms with E-state index in [1.165, 1.54) is 24.7 Å². The lowest BCUT2D eigenvalue weighted by Gasteiger charge is -2.14. The normalized spacial score (nSPS) is 13.2. The van der Waals surface area contributed by atoms with E-state index in [-0.39, 0.29) is 10.7 Å². The predicted molar refractivity (Wildman–Crippen MR) is 71.8 cm³/mol. The zero-order valence-electron chi connectivity index (χ0n) is 11.0. The van der Waals surface area contributed by atoms with Gasteiger partial charge in [0.15, 0.2) is 5.82 Å². The Kier molecular flexibility index (Phi) is 3.97. The van der Waals surface area contributed by atoms with Crippen LogP contribution in [0, 0.1) is 0 Å². The van der Waals surface area contributed by atoms with E-state index in [0.717, 1.165) is 0 Å². The van der Waals surface area contributed by atoms with Gasteiger partial charge in [0.2, 0.25) is 10.0 Å². The maximum atomic E-state index is 12.3. The van der Waals surface area contributed by atoms with Crippen LogP contribution in [0.4, 0.5) is 5.82 Å². The van der Waals surface area contributed by atoms with Gasteiger partial charge in [-0.1, -0.05) is 0 Å². The summed E-state index contributed by atoms with van der Waals surface area (Å²) in [6, 6.07) is 2.38. The minimum atomic E-state index is -3.78. The average Bonchev–Trinajstić information content (AvgIpc) is 2.84. The second-order valence-electron chi connectivity index (χ2n) is 4.14. The molecule has 10 heteroatoms. The van der Waals surface area contributed by atoms with E-state index in [1.807, 2.05) is 0 Å². The molecule has 2 rings (SSSR count). The number of pyridine rings is 1. The lowest BCUT2D eigenvalue weighted by atomic mass is 10.3. The van der Waals surface area contributed by atoms with Gasteiger partial charge in [-0.2, -0.15) is 0 Å². The summed E-state index contributed by atoms with van der Waals surface area (Å²) in [5.74, 6) is 5.84. The molecular weight excluding hydrogens is 282 g/mol. The van der Waals surface area contributed by atoms with Crippen molar-refractivity contribution in [3.8, 4) is 0 Å². The fourth-order valence-electron chi connectivity index (χ4n) is 1.75. The van der Waals surface area contributed by atoms with Crippen LogP contribution in [-0.2, 0) is 17.1 Å². The number of nitrogens with zero attached hydrogens (tertiary/aromatic N) is 4. The van der Waals surface area contributed by atoms with Gasteiger partial charge in [-0.25, -0.2) is 24.0 Å².